The molecule has 103 valence electrons. The Labute approximate surface area is 112 Å². The molecule has 2 atom stereocenters. The normalized spacial score (nSPS) is 15.5. The SMILES string of the molecule is CCCCC(CC)C[P]CC(CC)CCCC. The van der Waals surface area contributed by atoms with Crippen molar-refractivity contribution in [1.29, 1.82) is 0 Å². The van der Waals surface area contributed by atoms with Crippen LogP contribution in [0.25, 0.3) is 0 Å². The monoisotopic (exact) mass is 257 g/mol. The molecule has 0 nitrogen and oxygen atoms in total. The molecular weight excluding hydrogens is 223 g/mol. The summed E-state index contributed by atoms with van der Waals surface area (Å²) in [6.07, 6.45) is 14.2. The Hall–Kier alpha value is 0.430. The van der Waals surface area contributed by atoms with Crippen LogP contribution in [-0.4, -0.2) is 12.3 Å². The van der Waals surface area contributed by atoms with Gasteiger partial charge < -0.3 is 0 Å². The molecule has 0 aromatic heterocycles. The van der Waals surface area contributed by atoms with E-state index in [0.29, 0.717) is 0 Å². The first-order chi connectivity index (χ1) is 8.28. The van der Waals surface area contributed by atoms with Crippen LogP contribution < -0.4 is 0 Å². The van der Waals surface area contributed by atoms with Gasteiger partial charge in [0.15, 0.2) is 0 Å². The topological polar surface area (TPSA) is 0 Å². The second kappa shape index (κ2) is 12.9. The van der Waals surface area contributed by atoms with Crippen molar-refractivity contribution in [2.45, 2.75) is 79.1 Å². The molecule has 0 spiro atoms. The second-order valence-electron chi connectivity index (χ2n) is 5.42. The van der Waals surface area contributed by atoms with Gasteiger partial charge in [-0.3, -0.25) is 0 Å². The van der Waals surface area contributed by atoms with Crippen LogP contribution in [-0.2, 0) is 0 Å². The van der Waals surface area contributed by atoms with Gasteiger partial charge in [0.05, 0.1) is 0 Å². The van der Waals surface area contributed by atoms with Crippen LogP contribution in [0.2, 0.25) is 0 Å². The van der Waals surface area contributed by atoms with Gasteiger partial charge >= 0.3 is 0 Å². The lowest BCUT2D eigenvalue weighted by Gasteiger charge is -2.17. The lowest BCUT2D eigenvalue weighted by atomic mass is 10.0. The molecule has 0 N–H and O–H groups in total. The molecule has 2 unspecified atom stereocenters. The summed E-state index contributed by atoms with van der Waals surface area (Å²) >= 11 is 0. The molecule has 0 aliphatic heterocycles. The van der Waals surface area contributed by atoms with Crippen molar-refractivity contribution in [3.05, 3.63) is 0 Å². The van der Waals surface area contributed by atoms with E-state index < -0.39 is 0 Å². The van der Waals surface area contributed by atoms with E-state index in [1.807, 2.05) is 0 Å². The number of unbranched alkanes of at least 4 members (excludes halogenated alkanes) is 2. The van der Waals surface area contributed by atoms with Crippen molar-refractivity contribution in [2.75, 3.05) is 12.3 Å². The van der Waals surface area contributed by atoms with Crippen molar-refractivity contribution >= 4 is 8.58 Å². The molecule has 0 aromatic rings. The quantitative estimate of drug-likeness (QED) is 0.356. The predicted octanol–water partition coefficient (Wildman–Crippen LogP) is 6.37. The van der Waals surface area contributed by atoms with Gasteiger partial charge in [0.2, 0.25) is 0 Å². The highest BCUT2D eigenvalue weighted by Crippen LogP contribution is 2.27. The summed E-state index contributed by atoms with van der Waals surface area (Å²) < 4.78 is 0. The van der Waals surface area contributed by atoms with Crippen LogP contribution in [0.1, 0.15) is 79.1 Å². The van der Waals surface area contributed by atoms with Crippen LogP contribution in [0.15, 0.2) is 0 Å². The molecule has 0 fully saturated rings. The van der Waals surface area contributed by atoms with Crippen molar-refractivity contribution in [2.24, 2.45) is 11.8 Å². The van der Waals surface area contributed by atoms with Crippen LogP contribution in [0.5, 0.6) is 0 Å². The number of hydrogen-bond donors (Lipinski definition) is 0. The fraction of sp³-hybridized carbons (Fsp3) is 1.00. The summed E-state index contributed by atoms with van der Waals surface area (Å²) in [6.45, 7) is 9.35. The summed E-state index contributed by atoms with van der Waals surface area (Å²) in [5.74, 6) is 2.00. The largest absolute Gasteiger partial charge is 0.0804 e. The van der Waals surface area contributed by atoms with Crippen molar-refractivity contribution in [1.82, 2.24) is 0 Å². The molecule has 17 heavy (non-hydrogen) atoms. The highest BCUT2D eigenvalue weighted by atomic mass is 31.1. The van der Waals surface area contributed by atoms with Gasteiger partial charge in [-0.1, -0.05) is 87.6 Å². The van der Waals surface area contributed by atoms with E-state index in [1.165, 1.54) is 63.7 Å². The zero-order valence-electron chi connectivity index (χ0n) is 12.7. The molecule has 0 heterocycles. The third-order valence-corrected chi connectivity index (χ3v) is 5.41. The average Bonchev–Trinajstić information content (AvgIpc) is 2.37. The molecule has 0 rings (SSSR count). The fourth-order valence-corrected chi connectivity index (χ4v) is 4.04. The maximum Gasteiger partial charge on any atom is -0.0259 e. The summed E-state index contributed by atoms with van der Waals surface area (Å²) in [5.41, 5.74) is 0. The van der Waals surface area contributed by atoms with Crippen LogP contribution in [0.3, 0.4) is 0 Å². The third-order valence-electron chi connectivity index (χ3n) is 3.86. The van der Waals surface area contributed by atoms with Gasteiger partial charge in [-0.15, -0.1) is 0 Å². The summed E-state index contributed by atoms with van der Waals surface area (Å²) in [7, 11) is 1.72. The second-order valence-corrected chi connectivity index (χ2v) is 6.60. The van der Waals surface area contributed by atoms with E-state index in [0.717, 1.165) is 11.8 Å². The first-order valence-electron chi connectivity index (χ1n) is 7.91. The summed E-state index contributed by atoms with van der Waals surface area (Å²) in [6, 6.07) is 0. The minimum atomic E-state index is 1.00. The van der Waals surface area contributed by atoms with Gasteiger partial charge in [0, 0.05) is 0 Å². The highest BCUT2D eigenvalue weighted by Gasteiger charge is 2.09. The van der Waals surface area contributed by atoms with Gasteiger partial charge in [-0.25, -0.2) is 0 Å². The van der Waals surface area contributed by atoms with E-state index in [1.54, 1.807) is 8.58 Å². The van der Waals surface area contributed by atoms with E-state index >= 15 is 0 Å². The van der Waals surface area contributed by atoms with E-state index in [9.17, 15) is 0 Å². The average molecular weight is 257 g/mol. The minimum Gasteiger partial charge on any atom is -0.0804 e. The predicted molar refractivity (Wildman–Crippen MR) is 83.3 cm³/mol. The zero-order chi connectivity index (χ0) is 12.9. The molecule has 0 amide bonds. The van der Waals surface area contributed by atoms with Crippen LogP contribution in [0, 0.1) is 11.8 Å². The van der Waals surface area contributed by atoms with E-state index in [2.05, 4.69) is 27.7 Å². The molecule has 1 radical (unpaired) electrons. The van der Waals surface area contributed by atoms with E-state index in [-0.39, 0.29) is 0 Å². The number of rotatable bonds is 12. The Kier molecular flexibility index (Phi) is 13.2. The van der Waals surface area contributed by atoms with Gasteiger partial charge in [-0.2, -0.15) is 0 Å². The maximum atomic E-state index is 2.37. The van der Waals surface area contributed by atoms with Gasteiger partial charge in [-0.05, 0) is 24.2 Å². The molecule has 0 saturated carbocycles. The smallest absolute Gasteiger partial charge is 0.0259 e. The Morgan fingerprint density at radius 2 is 1.12 bits per heavy atom. The van der Waals surface area contributed by atoms with Crippen LogP contribution in [0.4, 0.5) is 0 Å². The summed E-state index contributed by atoms with van der Waals surface area (Å²) in [4.78, 5) is 0. The van der Waals surface area contributed by atoms with E-state index in [4.69, 9.17) is 0 Å². The highest BCUT2D eigenvalue weighted by molar-refractivity contribution is 7.38. The van der Waals surface area contributed by atoms with Crippen molar-refractivity contribution in [3.8, 4) is 0 Å². The fourth-order valence-electron chi connectivity index (χ4n) is 2.27. The molecule has 0 aliphatic rings. The minimum absolute atomic E-state index is 1.00. The molecule has 0 aliphatic carbocycles. The molecule has 0 bridgehead atoms. The van der Waals surface area contributed by atoms with Crippen LogP contribution >= 0.6 is 8.58 Å². The van der Waals surface area contributed by atoms with Crippen molar-refractivity contribution in [3.63, 3.8) is 0 Å². The molecule has 0 aromatic carbocycles. The third kappa shape index (κ3) is 10.1. The molecule has 1 heteroatoms. The molecule has 0 saturated heterocycles. The lowest BCUT2D eigenvalue weighted by Crippen LogP contribution is -2.06. The standard InChI is InChI=1S/C16H34P/c1-5-9-11-15(7-3)13-17-14-16(8-4)12-10-6-2/h15-16H,5-14H2,1-4H3. The lowest BCUT2D eigenvalue weighted by molar-refractivity contribution is 0.486. The Balaban J connectivity index is 3.61. The first-order valence-corrected chi connectivity index (χ1v) is 9.18. The first kappa shape index (κ1) is 17.4. The Morgan fingerprint density at radius 1 is 0.706 bits per heavy atom. The summed E-state index contributed by atoms with van der Waals surface area (Å²) in [5, 5.41) is 0. The van der Waals surface area contributed by atoms with Crippen molar-refractivity contribution < 1.29 is 0 Å². The Bertz CT molecular complexity index is 128. The maximum absolute atomic E-state index is 2.37. The van der Waals surface area contributed by atoms with Gasteiger partial charge in [0.25, 0.3) is 0 Å². The Morgan fingerprint density at radius 3 is 1.41 bits per heavy atom. The number of hydrogen-bond acceptors (Lipinski definition) is 0. The van der Waals surface area contributed by atoms with Gasteiger partial charge in [0.1, 0.15) is 0 Å². The molecular formula is C16H34P. The zero-order valence-corrected chi connectivity index (χ0v) is 13.6.